The maximum atomic E-state index is 13.2. The zero-order chi connectivity index (χ0) is 23.0. The van der Waals surface area contributed by atoms with Crippen molar-refractivity contribution in [1.82, 2.24) is 0 Å². The number of hydrogen-bond acceptors (Lipinski definition) is 5. The molecule has 2 amide bonds. The largest absolute Gasteiger partial charge is 0.490 e. The molecule has 32 heavy (non-hydrogen) atoms. The number of benzene rings is 2. The maximum Gasteiger partial charge on any atom is 0.291 e. The van der Waals surface area contributed by atoms with Crippen LogP contribution in [0.1, 0.15) is 38.2 Å². The fourth-order valence-electron chi connectivity index (χ4n) is 3.68. The number of ether oxygens (including phenoxy) is 1. The van der Waals surface area contributed by atoms with E-state index in [1.165, 1.54) is 6.07 Å². The molecule has 1 aromatic heterocycles. The molecule has 0 spiro atoms. The number of hydrogen-bond donors (Lipinski definition) is 1. The summed E-state index contributed by atoms with van der Waals surface area (Å²) in [6.07, 6.45) is 0. The fourth-order valence-corrected chi connectivity index (χ4v) is 3.68. The molecule has 7 nitrogen and oxygen atoms in total. The van der Waals surface area contributed by atoms with Gasteiger partial charge in [0.05, 0.1) is 16.5 Å². The van der Waals surface area contributed by atoms with Crippen molar-refractivity contribution in [2.24, 2.45) is 11.3 Å². The first kappa shape index (κ1) is 21.6. The lowest BCUT2D eigenvalue weighted by atomic mass is 9.92. The molecule has 166 valence electrons. The van der Waals surface area contributed by atoms with Crippen molar-refractivity contribution in [1.29, 1.82) is 0 Å². The van der Waals surface area contributed by atoms with Crippen molar-refractivity contribution in [2.75, 3.05) is 23.4 Å². The first-order valence-corrected chi connectivity index (χ1v) is 10.6. The number of anilines is 2. The van der Waals surface area contributed by atoms with Gasteiger partial charge in [-0.3, -0.25) is 14.4 Å². The number of nitrogens with zero attached hydrogens (tertiary/aromatic N) is 1. The Morgan fingerprint density at radius 3 is 2.62 bits per heavy atom. The van der Waals surface area contributed by atoms with Crippen LogP contribution < -0.4 is 20.4 Å². The number of nitrogens with one attached hydrogen (secondary N) is 1. The van der Waals surface area contributed by atoms with Gasteiger partial charge >= 0.3 is 0 Å². The van der Waals surface area contributed by atoms with Crippen molar-refractivity contribution >= 4 is 34.2 Å². The van der Waals surface area contributed by atoms with Gasteiger partial charge in [0.25, 0.3) is 5.91 Å². The Hall–Kier alpha value is -3.61. The van der Waals surface area contributed by atoms with Gasteiger partial charge in [0.2, 0.25) is 5.91 Å². The normalized spacial score (nSPS) is 15.3. The summed E-state index contributed by atoms with van der Waals surface area (Å²) in [5, 5.41) is 3.18. The van der Waals surface area contributed by atoms with Gasteiger partial charge in [-0.25, -0.2) is 0 Å². The summed E-state index contributed by atoms with van der Waals surface area (Å²) in [6, 6.07) is 13.1. The van der Waals surface area contributed by atoms with E-state index in [0.29, 0.717) is 34.6 Å². The molecule has 0 saturated carbocycles. The summed E-state index contributed by atoms with van der Waals surface area (Å²) in [4.78, 5) is 40.1. The van der Waals surface area contributed by atoms with Gasteiger partial charge in [0, 0.05) is 18.3 Å². The quantitative estimate of drug-likeness (QED) is 0.655. The third-order valence-corrected chi connectivity index (χ3v) is 5.33. The molecule has 0 saturated heterocycles. The minimum Gasteiger partial charge on any atom is -0.490 e. The lowest BCUT2D eigenvalue weighted by Gasteiger charge is -2.29. The van der Waals surface area contributed by atoms with Crippen molar-refractivity contribution < 1.29 is 18.7 Å². The van der Waals surface area contributed by atoms with Crippen molar-refractivity contribution in [3.63, 3.8) is 0 Å². The average Bonchev–Trinajstić information content (AvgIpc) is 2.83. The number of rotatable bonds is 4. The van der Waals surface area contributed by atoms with Gasteiger partial charge < -0.3 is 19.4 Å². The molecule has 0 fully saturated rings. The summed E-state index contributed by atoms with van der Waals surface area (Å²) in [6.45, 7) is 8.59. The monoisotopic (exact) mass is 434 g/mol. The molecule has 0 bridgehead atoms. The van der Waals surface area contributed by atoms with Gasteiger partial charge in [-0.1, -0.05) is 26.0 Å². The molecule has 0 unspecified atom stereocenters. The van der Waals surface area contributed by atoms with Gasteiger partial charge in [-0.15, -0.1) is 0 Å². The Bertz CT molecular complexity index is 1260. The summed E-state index contributed by atoms with van der Waals surface area (Å²) in [5.74, 6) is 0.153. The van der Waals surface area contributed by atoms with E-state index in [1.807, 2.05) is 27.7 Å². The van der Waals surface area contributed by atoms with Crippen LogP contribution in [0.25, 0.3) is 11.0 Å². The molecule has 0 aliphatic carbocycles. The molecule has 1 N–H and O–H groups in total. The Balaban J connectivity index is 1.67. The fraction of sp³-hybridized carbons (Fsp3) is 0.320. The van der Waals surface area contributed by atoms with E-state index in [-0.39, 0.29) is 29.6 Å². The third kappa shape index (κ3) is 4.10. The molecule has 0 atom stereocenters. The lowest BCUT2D eigenvalue weighted by molar-refractivity contribution is -0.127. The predicted molar refractivity (Wildman–Crippen MR) is 123 cm³/mol. The predicted octanol–water partition coefficient (Wildman–Crippen LogP) is 4.45. The number of carbonyl (C=O) groups excluding carboxylic acids is 2. The molecule has 1 aliphatic rings. The van der Waals surface area contributed by atoms with Crippen LogP contribution in [0.4, 0.5) is 11.4 Å². The summed E-state index contributed by atoms with van der Waals surface area (Å²) < 4.78 is 11.5. The van der Waals surface area contributed by atoms with E-state index < -0.39 is 11.3 Å². The first-order valence-electron chi connectivity index (χ1n) is 10.6. The topological polar surface area (TPSA) is 88.9 Å². The molecule has 0 radical (unpaired) electrons. The van der Waals surface area contributed by atoms with Gasteiger partial charge in [0.1, 0.15) is 17.9 Å². The third-order valence-electron chi connectivity index (χ3n) is 5.33. The second-order valence-electron chi connectivity index (χ2n) is 9.09. The second kappa shape index (κ2) is 8.15. The first-order chi connectivity index (χ1) is 15.2. The van der Waals surface area contributed by atoms with E-state index in [2.05, 4.69) is 5.32 Å². The van der Waals surface area contributed by atoms with Crippen molar-refractivity contribution in [3.05, 3.63) is 64.5 Å². The molecule has 4 rings (SSSR count). The molecular formula is C25H26N2O5. The summed E-state index contributed by atoms with van der Waals surface area (Å²) in [7, 11) is 0. The number of fused-ring (bicyclic) bond motifs is 2. The maximum absolute atomic E-state index is 13.2. The summed E-state index contributed by atoms with van der Waals surface area (Å²) in [5.41, 5.74) is 0.451. The second-order valence-corrected chi connectivity index (χ2v) is 9.09. The SMILES string of the molecule is CC(C)CN1C(=O)C(C)(C)COc2ccc(NC(=O)c3cc(=O)c4ccccc4o3)cc21. The molecule has 3 aromatic rings. The Kier molecular flexibility index (Phi) is 5.50. The van der Waals surface area contributed by atoms with Crippen LogP contribution >= 0.6 is 0 Å². The van der Waals surface area contributed by atoms with Crippen molar-refractivity contribution in [2.45, 2.75) is 27.7 Å². The van der Waals surface area contributed by atoms with Crippen LogP contribution in [-0.4, -0.2) is 25.0 Å². The Morgan fingerprint density at radius 2 is 1.88 bits per heavy atom. The highest BCUT2D eigenvalue weighted by molar-refractivity contribution is 6.04. The van der Waals surface area contributed by atoms with Crippen LogP contribution in [0.15, 0.2) is 57.7 Å². The number of para-hydroxylation sites is 1. The van der Waals surface area contributed by atoms with E-state index in [0.717, 1.165) is 0 Å². The summed E-state index contributed by atoms with van der Waals surface area (Å²) >= 11 is 0. The van der Waals surface area contributed by atoms with E-state index in [1.54, 1.807) is 47.4 Å². The van der Waals surface area contributed by atoms with Crippen molar-refractivity contribution in [3.8, 4) is 5.75 Å². The molecule has 1 aliphatic heterocycles. The van der Waals surface area contributed by atoms with Crippen LogP contribution in [0.2, 0.25) is 0 Å². The number of carbonyl (C=O) groups is 2. The average molecular weight is 434 g/mol. The van der Waals surface area contributed by atoms with E-state index in [4.69, 9.17) is 9.15 Å². The minimum atomic E-state index is -0.675. The Labute approximate surface area is 186 Å². The smallest absolute Gasteiger partial charge is 0.291 e. The van der Waals surface area contributed by atoms with Gasteiger partial charge in [-0.05, 0) is 50.1 Å². The van der Waals surface area contributed by atoms with E-state index in [9.17, 15) is 14.4 Å². The molecule has 2 heterocycles. The van der Waals surface area contributed by atoms with Gasteiger partial charge in [0.15, 0.2) is 11.2 Å². The Morgan fingerprint density at radius 1 is 1.12 bits per heavy atom. The van der Waals surface area contributed by atoms with Crippen LogP contribution in [0.3, 0.4) is 0 Å². The van der Waals surface area contributed by atoms with Gasteiger partial charge in [-0.2, -0.15) is 0 Å². The van der Waals surface area contributed by atoms with E-state index >= 15 is 0 Å². The zero-order valence-corrected chi connectivity index (χ0v) is 18.6. The highest BCUT2D eigenvalue weighted by Crippen LogP contribution is 2.38. The van der Waals surface area contributed by atoms with Crippen LogP contribution in [0.5, 0.6) is 5.75 Å². The highest BCUT2D eigenvalue weighted by Gasteiger charge is 2.38. The molecule has 7 heteroatoms. The molecule has 2 aromatic carbocycles. The highest BCUT2D eigenvalue weighted by atomic mass is 16.5. The minimum absolute atomic E-state index is 0.0334. The van der Waals surface area contributed by atoms with Crippen LogP contribution in [-0.2, 0) is 4.79 Å². The van der Waals surface area contributed by atoms with Crippen LogP contribution in [0, 0.1) is 11.3 Å². The zero-order valence-electron chi connectivity index (χ0n) is 18.6. The number of amides is 2. The molecular weight excluding hydrogens is 408 g/mol. The standard InChI is InChI=1S/C25H26N2O5/c1-15(2)13-27-18-11-16(9-10-21(18)31-14-25(3,4)24(27)30)26-23(29)22-12-19(28)17-7-5-6-8-20(17)32-22/h5-12,15H,13-14H2,1-4H3,(H,26,29). The lowest BCUT2D eigenvalue weighted by Crippen LogP contribution is -2.43.